The van der Waals surface area contributed by atoms with Crippen molar-refractivity contribution in [3.8, 4) is 22.3 Å². The van der Waals surface area contributed by atoms with Gasteiger partial charge in [0.15, 0.2) is 0 Å². The topological polar surface area (TPSA) is 73.3 Å². The summed E-state index contributed by atoms with van der Waals surface area (Å²) in [7, 11) is -3.70. The minimum absolute atomic E-state index is 0.0917. The second-order valence-corrected chi connectivity index (χ2v) is 7.05. The first-order valence-electron chi connectivity index (χ1n) is 7.59. The highest BCUT2D eigenvalue weighted by molar-refractivity contribution is 7.89. The van der Waals surface area contributed by atoms with Crippen molar-refractivity contribution in [3.63, 3.8) is 0 Å². The van der Waals surface area contributed by atoms with Gasteiger partial charge in [0.1, 0.15) is 5.76 Å². The maximum atomic E-state index is 11.4. The Morgan fingerprint density at radius 2 is 1.62 bits per heavy atom. The second-order valence-electron chi connectivity index (χ2n) is 5.49. The summed E-state index contributed by atoms with van der Waals surface area (Å²) < 4.78 is 28.6. The van der Waals surface area contributed by atoms with Crippen molar-refractivity contribution < 1.29 is 12.8 Å². The van der Waals surface area contributed by atoms with E-state index in [2.05, 4.69) is 6.92 Å². The highest BCUT2D eigenvalue weighted by atomic mass is 32.2. The van der Waals surface area contributed by atoms with Crippen molar-refractivity contribution in [1.82, 2.24) is 0 Å². The van der Waals surface area contributed by atoms with Crippen molar-refractivity contribution in [2.75, 3.05) is 0 Å². The van der Waals surface area contributed by atoms with Crippen LogP contribution < -0.4 is 5.14 Å². The number of benzene rings is 2. The summed E-state index contributed by atoms with van der Waals surface area (Å²) in [6, 6.07) is 16.5. The minimum Gasteiger partial charge on any atom is -0.468 e. The Morgan fingerprint density at radius 1 is 0.958 bits per heavy atom. The van der Waals surface area contributed by atoms with Crippen LogP contribution in [0.2, 0.25) is 0 Å². The molecule has 0 amide bonds. The molecule has 0 aliphatic carbocycles. The van der Waals surface area contributed by atoms with Gasteiger partial charge in [-0.1, -0.05) is 49.4 Å². The van der Waals surface area contributed by atoms with Crippen LogP contribution in [-0.4, -0.2) is 8.42 Å². The molecule has 2 aromatic carbocycles. The fourth-order valence-electron chi connectivity index (χ4n) is 2.70. The van der Waals surface area contributed by atoms with Crippen LogP contribution in [0.5, 0.6) is 0 Å². The summed E-state index contributed by atoms with van der Waals surface area (Å²) in [4.78, 5) is 0.0917. The highest BCUT2D eigenvalue weighted by Crippen LogP contribution is 2.37. The Labute approximate surface area is 142 Å². The van der Waals surface area contributed by atoms with Gasteiger partial charge in [-0.2, -0.15) is 0 Å². The summed E-state index contributed by atoms with van der Waals surface area (Å²) in [6.07, 6.45) is 3.18. The molecule has 0 atom stereocenters. The van der Waals surface area contributed by atoms with E-state index < -0.39 is 10.0 Å². The molecule has 1 aromatic heterocycles. The van der Waals surface area contributed by atoms with Crippen molar-refractivity contribution in [3.05, 3.63) is 73.5 Å². The smallest absolute Gasteiger partial charge is 0.238 e. The number of sulfonamides is 1. The van der Waals surface area contributed by atoms with Gasteiger partial charge in [-0.3, -0.25) is 0 Å². The zero-order valence-electron chi connectivity index (χ0n) is 13.1. The van der Waals surface area contributed by atoms with E-state index in [9.17, 15) is 8.42 Å². The van der Waals surface area contributed by atoms with Crippen LogP contribution in [0.25, 0.3) is 22.3 Å². The van der Waals surface area contributed by atoms with E-state index in [1.54, 1.807) is 18.4 Å². The average Bonchev–Trinajstić information content (AvgIpc) is 2.99. The predicted octanol–water partition coefficient (Wildman–Crippen LogP) is 4.03. The second kappa shape index (κ2) is 6.63. The molecule has 0 aliphatic rings. The summed E-state index contributed by atoms with van der Waals surface area (Å²) in [5.74, 6) is 0.877. The van der Waals surface area contributed by atoms with Gasteiger partial charge in [-0.05, 0) is 29.7 Å². The molecule has 0 saturated carbocycles. The summed E-state index contributed by atoms with van der Waals surface area (Å²) in [6.45, 7) is 3.90. The molecule has 0 aliphatic heterocycles. The van der Waals surface area contributed by atoms with E-state index in [0.717, 1.165) is 40.9 Å². The Hall–Kier alpha value is -2.37. The number of hydrogen-bond donors (Lipinski definition) is 1. The number of hydrogen-bond acceptors (Lipinski definition) is 3. The third-order valence-corrected chi connectivity index (χ3v) is 4.76. The van der Waals surface area contributed by atoms with Crippen molar-refractivity contribution >= 4 is 10.0 Å². The van der Waals surface area contributed by atoms with Gasteiger partial charge >= 0.3 is 0 Å². The maximum Gasteiger partial charge on any atom is 0.238 e. The summed E-state index contributed by atoms with van der Waals surface area (Å²) in [5, 5.41) is 5.16. The fourth-order valence-corrected chi connectivity index (χ4v) is 3.22. The largest absolute Gasteiger partial charge is 0.468 e. The standard InChI is InChI=1S/C19H18NO3S/c1-2-6-18-19(15-7-4-3-5-8-15)17(13-23-18)14-9-11-16(12-10-14)24(20,21)22/h3-5,7-13H,1-2,6H2,(H2,20,21,22). The van der Waals surface area contributed by atoms with Crippen molar-refractivity contribution in [2.24, 2.45) is 5.14 Å². The highest BCUT2D eigenvalue weighted by Gasteiger charge is 2.17. The number of nitrogens with two attached hydrogens (primary N) is 1. The fraction of sp³-hybridized carbons (Fsp3) is 0.105. The Balaban J connectivity index is 2.12. The first kappa shape index (κ1) is 16.5. The Bertz CT molecular complexity index is 927. The van der Waals surface area contributed by atoms with Crippen LogP contribution in [0.15, 0.2) is 70.2 Å². The quantitative estimate of drug-likeness (QED) is 0.762. The predicted molar refractivity (Wildman–Crippen MR) is 94.6 cm³/mol. The molecule has 3 aromatic rings. The molecule has 4 nitrogen and oxygen atoms in total. The van der Waals surface area contributed by atoms with Crippen LogP contribution >= 0.6 is 0 Å². The van der Waals surface area contributed by atoms with E-state index >= 15 is 0 Å². The maximum absolute atomic E-state index is 11.4. The third-order valence-electron chi connectivity index (χ3n) is 3.83. The van der Waals surface area contributed by atoms with E-state index in [1.165, 1.54) is 12.1 Å². The molecule has 123 valence electrons. The Kier molecular flexibility index (Phi) is 4.55. The Morgan fingerprint density at radius 3 is 2.21 bits per heavy atom. The molecule has 5 heteroatoms. The lowest BCUT2D eigenvalue weighted by molar-refractivity contribution is 0.511. The molecule has 0 saturated heterocycles. The lowest BCUT2D eigenvalue weighted by Gasteiger charge is -2.07. The third kappa shape index (κ3) is 3.27. The van der Waals surface area contributed by atoms with Gasteiger partial charge in [-0.25, -0.2) is 13.6 Å². The lowest BCUT2D eigenvalue weighted by Crippen LogP contribution is -2.11. The molecule has 0 unspecified atom stereocenters. The van der Waals surface area contributed by atoms with Crippen LogP contribution in [0.1, 0.15) is 12.2 Å². The zero-order chi connectivity index (χ0) is 17.2. The van der Waals surface area contributed by atoms with Crippen molar-refractivity contribution in [1.29, 1.82) is 0 Å². The van der Waals surface area contributed by atoms with E-state index in [4.69, 9.17) is 9.56 Å². The van der Waals surface area contributed by atoms with Crippen LogP contribution in [-0.2, 0) is 16.4 Å². The first-order valence-corrected chi connectivity index (χ1v) is 9.13. The van der Waals surface area contributed by atoms with Crippen LogP contribution in [0.4, 0.5) is 0 Å². The van der Waals surface area contributed by atoms with Gasteiger partial charge in [0, 0.05) is 17.5 Å². The van der Waals surface area contributed by atoms with Crippen LogP contribution in [0, 0.1) is 6.92 Å². The molecule has 0 spiro atoms. The van der Waals surface area contributed by atoms with Gasteiger partial charge in [0.05, 0.1) is 11.2 Å². The number of primary sulfonamides is 1. The van der Waals surface area contributed by atoms with Gasteiger partial charge in [0.2, 0.25) is 10.0 Å². The summed E-state index contributed by atoms with van der Waals surface area (Å²) >= 11 is 0. The molecule has 24 heavy (non-hydrogen) atoms. The van der Waals surface area contributed by atoms with E-state index in [-0.39, 0.29) is 4.90 Å². The van der Waals surface area contributed by atoms with Crippen LogP contribution in [0.3, 0.4) is 0 Å². The van der Waals surface area contributed by atoms with E-state index in [0.29, 0.717) is 0 Å². The zero-order valence-corrected chi connectivity index (χ0v) is 13.9. The monoisotopic (exact) mass is 340 g/mol. The normalized spacial score (nSPS) is 11.6. The molecule has 0 fully saturated rings. The molecule has 1 radical (unpaired) electrons. The molecule has 3 rings (SSSR count). The van der Waals surface area contributed by atoms with Gasteiger partial charge in [0.25, 0.3) is 0 Å². The lowest BCUT2D eigenvalue weighted by atomic mass is 9.96. The van der Waals surface area contributed by atoms with Gasteiger partial charge in [-0.15, -0.1) is 0 Å². The van der Waals surface area contributed by atoms with Gasteiger partial charge < -0.3 is 4.42 Å². The molecule has 2 N–H and O–H groups in total. The molecule has 0 bridgehead atoms. The van der Waals surface area contributed by atoms with Crippen molar-refractivity contribution in [2.45, 2.75) is 17.7 Å². The molecule has 1 heterocycles. The first-order chi connectivity index (χ1) is 11.5. The minimum atomic E-state index is -3.70. The molecular weight excluding hydrogens is 322 g/mol. The molecular formula is C19H18NO3S. The number of aryl methyl sites for hydroxylation is 1. The number of rotatable bonds is 5. The average molecular weight is 340 g/mol. The SMILES string of the molecule is [CH2]CCc1occ(-c2ccc(S(N)(=O)=O)cc2)c1-c1ccccc1. The summed E-state index contributed by atoms with van der Waals surface area (Å²) in [5.41, 5.74) is 3.87. The van der Waals surface area contributed by atoms with E-state index in [1.807, 2.05) is 30.3 Å². The number of furan rings is 1.